The molecule has 1 unspecified atom stereocenters. The third kappa shape index (κ3) is 2.81. The number of carbonyl (C=O) groups excluding carboxylic acids is 1. The summed E-state index contributed by atoms with van der Waals surface area (Å²) in [5.74, 6) is 0. The van der Waals surface area contributed by atoms with Crippen molar-refractivity contribution in [1.82, 2.24) is 9.88 Å². The lowest BCUT2D eigenvalue weighted by Gasteiger charge is -2.32. The van der Waals surface area contributed by atoms with Crippen LogP contribution in [0.2, 0.25) is 5.02 Å². The third-order valence-corrected chi connectivity index (χ3v) is 4.82. The number of fused-ring (bicyclic) bond motifs is 1. The monoisotopic (exact) mass is 302 g/mol. The molecule has 0 spiro atoms. The Kier molecular flexibility index (Phi) is 4.22. The molecule has 0 saturated carbocycles. The molecule has 3 nitrogen and oxygen atoms in total. The van der Waals surface area contributed by atoms with E-state index in [4.69, 9.17) is 16.6 Å². The van der Waals surface area contributed by atoms with Crippen LogP contribution in [0, 0.1) is 6.92 Å². The third-order valence-electron chi connectivity index (χ3n) is 4.32. The van der Waals surface area contributed by atoms with Gasteiger partial charge in [0.1, 0.15) is 6.29 Å². The zero-order valence-electron chi connectivity index (χ0n) is 12.2. The normalized spacial score (nSPS) is 19.8. The summed E-state index contributed by atoms with van der Waals surface area (Å²) in [6.45, 7) is 3.62. The van der Waals surface area contributed by atoms with Gasteiger partial charge in [-0.2, -0.15) is 0 Å². The summed E-state index contributed by atoms with van der Waals surface area (Å²) >= 11 is 6.50. The van der Waals surface area contributed by atoms with Crippen molar-refractivity contribution >= 4 is 28.8 Å². The molecule has 1 saturated heterocycles. The van der Waals surface area contributed by atoms with E-state index in [2.05, 4.69) is 4.90 Å². The minimum Gasteiger partial charge on any atom is -0.302 e. The molecular weight excluding hydrogens is 284 g/mol. The van der Waals surface area contributed by atoms with Crippen LogP contribution in [-0.4, -0.2) is 28.8 Å². The van der Waals surface area contributed by atoms with Gasteiger partial charge in [0.05, 0.1) is 22.3 Å². The van der Waals surface area contributed by atoms with Gasteiger partial charge in [-0.3, -0.25) is 4.90 Å². The Morgan fingerprint density at radius 3 is 3.00 bits per heavy atom. The summed E-state index contributed by atoms with van der Waals surface area (Å²) in [5.41, 5.74) is 2.91. The second-order valence-corrected chi connectivity index (χ2v) is 6.06. The summed E-state index contributed by atoms with van der Waals surface area (Å²) in [5, 5.41) is 1.82. The fourth-order valence-corrected chi connectivity index (χ4v) is 3.29. The second-order valence-electron chi connectivity index (χ2n) is 5.68. The van der Waals surface area contributed by atoms with Crippen LogP contribution in [0.4, 0.5) is 0 Å². The van der Waals surface area contributed by atoms with E-state index in [-0.39, 0.29) is 6.04 Å². The first-order valence-electron chi connectivity index (χ1n) is 7.44. The molecule has 0 aliphatic carbocycles. The first-order valence-corrected chi connectivity index (χ1v) is 7.81. The van der Waals surface area contributed by atoms with Gasteiger partial charge < -0.3 is 4.79 Å². The zero-order valence-corrected chi connectivity index (χ0v) is 12.9. The van der Waals surface area contributed by atoms with E-state index >= 15 is 0 Å². The highest BCUT2D eigenvalue weighted by molar-refractivity contribution is 6.32. The van der Waals surface area contributed by atoms with Crippen molar-refractivity contribution in [3.05, 3.63) is 40.5 Å². The molecule has 1 aliphatic heterocycles. The predicted octanol–water partition coefficient (Wildman–Crippen LogP) is 3.75. The summed E-state index contributed by atoms with van der Waals surface area (Å²) in [6.07, 6.45) is 4.25. The van der Waals surface area contributed by atoms with Crippen LogP contribution >= 0.6 is 11.6 Å². The molecule has 0 amide bonds. The number of nitrogens with zero attached hydrogens (tertiary/aromatic N) is 2. The van der Waals surface area contributed by atoms with Gasteiger partial charge in [-0.05, 0) is 37.9 Å². The van der Waals surface area contributed by atoms with E-state index < -0.39 is 0 Å². The Hall–Kier alpha value is -1.45. The minimum atomic E-state index is 0.00314. The number of rotatable bonds is 3. The molecule has 0 N–H and O–H groups in total. The van der Waals surface area contributed by atoms with Gasteiger partial charge in [-0.25, -0.2) is 4.98 Å². The maximum Gasteiger partial charge on any atom is 0.137 e. The summed E-state index contributed by atoms with van der Waals surface area (Å²) < 4.78 is 0. The first kappa shape index (κ1) is 14.5. The van der Waals surface area contributed by atoms with Crippen molar-refractivity contribution in [2.24, 2.45) is 0 Å². The molecule has 21 heavy (non-hydrogen) atoms. The summed E-state index contributed by atoms with van der Waals surface area (Å²) in [6, 6.07) is 8.04. The minimum absolute atomic E-state index is 0.00314. The fourth-order valence-electron chi connectivity index (χ4n) is 3.08. The summed E-state index contributed by atoms with van der Waals surface area (Å²) in [4.78, 5) is 18.1. The van der Waals surface area contributed by atoms with Crippen molar-refractivity contribution in [1.29, 1.82) is 0 Å². The Morgan fingerprint density at radius 1 is 1.38 bits per heavy atom. The van der Waals surface area contributed by atoms with Crippen LogP contribution in [0.1, 0.15) is 30.5 Å². The quantitative estimate of drug-likeness (QED) is 0.810. The van der Waals surface area contributed by atoms with Crippen LogP contribution in [0.5, 0.6) is 0 Å². The smallest absolute Gasteiger partial charge is 0.137 e. The number of halogens is 1. The number of para-hydroxylation sites is 1. The Bertz CT molecular complexity index is 671. The van der Waals surface area contributed by atoms with Crippen LogP contribution < -0.4 is 0 Å². The number of benzene rings is 1. The highest BCUT2D eigenvalue weighted by Crippen LogP contribution is 2.29. The van der Waals surface area contributed by atoms with Crippen molar-refractivity contribution in [3.8, 4) is 0 Å². The summed E-state index contributed by atoms with van der Waals surface area (Å²) in [7, 11) is 0. The van der Waals surface area contributed by atoms with E-state index in [0.717, 1.165) is 59.3 Å². The number of aromatic nitrogens is 1. The number of aldehydes is 1. The number of carbonyl (C=O) groups is 1. The van der Waals surface area contributed by atoms with Crippen LogP contribution in [0.25, 0.3) is 10.9 Å². The predicted molar refractivity (Wildman–Crippen MR) is 85.6 cm³/mol. The highest BCUT2D eigenvalue weighted by atomic mass is 35.5. The number of hydrogen-bond acceptors (Lipinski definition) is 3. The van der Waals surface area contributed by atoms with Gasteiger partial charge in [0.2, 0.25) is 0 Å². The fraction of sp³-hybridized carbons (Fsp3) is 0.412. The maximum absolute atomic E-state index is 11.2. The van der Waals surface area contributed by atoms with Gasteiger partial charge in [0.25, 0.3) is 0 Å². The average Bonchev–Trinajstić information content (AvgIpc) is 2.53. The largest absolute Gasteiger partial charge is 0.302 e. The molecule has 1 aromatic heterocycles. The first-order chi connectivity index (χ1) is 10.2. The lowest BCUT2D eigenvalue weighted by Crippen LogP contribution is -2.40. The topological polar surface area (TPSA) is 33.2 Å². The van der Waals surface area contributed by atoms with Gasteiger partial charge in [0, 0.05) is 11.9 Å². The molecule has 3 rings (SSSR count). The lowest BCUT2D eigenvalue weighted by molar-refractivity contribution is -0.113. The molecule has 1 aliphatic rings. The Balaban J connectivity index is 1.96. The lowest BCUT2D eigenvalue weighted by atomic mass is 10.0. The molecule has 0 bridgehead atoms. The van der Waals surface area contributed by atoms with Crippen molar-refractivity contribution in [2.45, 2.75) is 38.8 Å². The van der Waals surface area contributed by atoms with Crippen molar-refractivity contribution < 1.29 is 4.79 Å². The van der Waals surface area contributed by atoms with Crippen molar-refractivity contribution in [3.63, 3.8) is 0 Å². The van der Waals surface area contributed by atoms with Gasteiger partial charge in [-0.1, -0.05) is 36.2 Å². The zero-order chi connectivity index (χ0) is 14.8. The SMILES string of the molecule is Cc1c(Cl)c(CN2CCCCC2C=O)nc2ccccc12. The van der Waals surface area contributed by atoms with E-state index in [1.165, 1.54) is 0 Å². The van der Waals surface area contributed by atoms with Gasteiger partial charge in [-0.15, -0.1) is 0 Å². The van der Waals surface area contributed by atoms with Crippen LogP contribution in [0.3, 0.4) is 0 Å². The van der Waals surface area contributed by atoms with E-state index in [1.54, 1.807) is 0 Å². The Labute approximate surface area is 129 Å². The number of aryl methyl sites for hydroxylation is 1. The van der Waals surface area contributed by atoms with E-state index in [9.17, 15) is 4.79 Å². The number of likely N-dealkylation sites (tertiary alicyclic amines) is 1. The van der Waals surface area contributed by atoms with Crippen molar-refractivity contribution in [2.75, 3.05) is 6.54 Å². The average molecular weight is 303 g/mol. The van der Waals surface area contributed by atoms with Crippen LogP contribution in [0.15, 0.2) is 24.3 Å². The number of pyridine rings is 1. The molecule has 4 heteroatoms. The maximum atomic E-state index is 11.2. The molecule has 1 atom stereocenters. The molecule has 0 radical (unpaired) electrons. The second kappa shape index (κ2) is 6.12. The van der Waals surface area contributed by atoms with Gasteiger partial charge in [0.15, 0.2) is 0 Å². The number of hydrogen-bond donors (Lipinski definition) is 0. The van der Waals surface area contributed by atoms with E-state index in [1.807, 2.05) is 31.2 Å². The number of piperidine rings is 1. The highest BCUT2D eigenvalue weighted by Gasteiger charge is 2.23. The van der Waals surface area contributed by atoms with Crippen LogP contribution in [-0.2, 0) is 11.3 Å². The molecule has 110 valence electrons. The van der Waals surface area contributed by atoms with E-state index in [0.29, 0.717) is 6.54 Å². The van der Waals surface area contributed by atoms with Gasteiger partial charge >= 0.3 is 0 Å². The molecule has 1 aromatic carbocycles. The Morgan fingerprint density at radius 2 is 2.19 bits per heavy atom. The molecule has 2 aromatic rings. The molecule has 2 heterocycles. The molecular formula is C17H19ClN2O. The standard InChI is InChI=1S/C17H19ClN2O/c1-12-14-7-2-3-8-15(14)19-16(17(12)18)10-20-9-5-4-6-13(20)11-21/h2-3,7-8,11,13H,4-6,9-10H2,1H3. The molecule has 1 fully saturated rings.